The number of carbonyl (C=O) groups is 1. The number of nitrogens with one attached hydrogen (secondary N) is 1. The summed E-state index contributed by atoms with van der Waals surface area (Å²) in [4.78, 5) is 23.4. The number of fused-ring (bicyclic) bond motifs is 1. The van der Waals surface area contributed by atoms with Gasteiger partial charge in [0.05, 0.1) is 22.0 Å². The van der Waals surface area contributed by atoms with E-state index in [0.717, 1.165) is 51.5 Å². The highest BCUT2D eigenvalue weighted by molar-refractivity contribution is 8.00. The molecule has 0 aliphatic carbocycles. The van der Waals surface area contributed by atoms with E-state index in [-0.39, 0.29) is 11.2 Å². The van der Waals surface area contributed by atoms with E-state index in [1.165, 1.54) is 17.3 Å². The lowest BCUT2D eigenvalue weighted by atomic mass is 10.1. The SMILES string of the molecule is CCc1cccc(NC(=O)C(CC)Sc2nc(-c3ccccc3)nc3c2c(CC)nn3-c2ccccc2)c1. The number of carbonyl (C=O) groups excluding carboxylic acids is 1. The van der Waals surface area contributed by atoms with Crippen molar-refractivity contribution in [3.8, 4) is 17.1 Å². The standard InChI is InChI=1S/C31H31N5OS/c1-4-21-14-13-17-23(20-21)32-30(37)26(6-3)38-31-27-25(5-2)35-36(24-18-11-8-12-19-24)29(27)33-28(34-31)22-15-9-7-10-16-22/h7-20,26H,4-6H2,1-3H3,(H,32,37). The summed E-state index contributed by atoms with van der Waals surface area (Å²) in [6.07, 6.45) is 2.30. The lowest BCUT2D eigenvalue weighted by Gasteiger charge is -2.16. The average molecular weight is 522 g/mol. The van der Waals surface area contributed by atoms with Gasteiger partial charge in [-0.15, -0.1) is 0 Å². The fraction of sp³-hybridized carbons (Fsp3) is 0.226. The topological polar surface area (TPSA) is 72.7 Å². The van der Waals surface area contributed by atoms with E-state index < -0.39 is 0 Å². The first-order valence-corrected chi connectivity index (χ1v) is 14.0. The van der Waals surface area contributed by atoms with Gasteiger partial charge in [-0.1, -0.05) is 93.2 Å². The molecule has 0 spiro atoms. The molecule has 0 saturated carbocycles. The maximum Gasteiger partial charge on any atom is 0.237 e. The Morgan fingerprint density at radius 2 is 1.63 bits per heavy atom. The molecule has 3 aromatic carbocycles. The van der Waals surface area contributed by atoms with E-state index >= 15 is 0 Å². The van der Waals surface area contributed by atoms with E-state index in [9.17, 15) is 4.79 Å². The predicted molar refractivity (Wildman–Crippen MR) is 156 cm³/mol. The second-order valence-electron chi connectivity index (χ2n) is 9.02. The van der Waals surface area contributed by atoms with Crippen LogP contribution in [0.1, 0.15) is 38.4 Å². The maximum atomic E-state index is 13.4. The van der Waals surface area contributed by atoms with Crippen molar-refractivity contribution in [2.75, 3.05) is 5.32 Å². The highest BCUT2D eigenvalue weighted by Crippen LogP contribution is 2.35. The molecule has 5 aromatic rings. The Morgan fingerprint density at radius 1 is 0.895 bits per heavy atom. The molecule has 1 atom stereocenters. The number of hydrogen-bond acceptors (Lipinski definition) is 5. The number of rotatable bonds is 9. The molecule has 5 rings (SSSR count). The molecule has 0 saturated heterocycles. The fourth-order valence-corrected chi connectivity index (χ4v) is 5.47. The molecule has 6 nitrogen and oxygen atoms in total. The third-order valence-corrected chi connectivity index (χ3v) is 7.80. The Bertz CT molecular complexity index is 1550. The number of thioether (sulfide) groups is 1. The summed E-state index contributed by atoms with van der Waals surface area (Å²) < 4.78 is 1.89. The molecule has 0 aliphatic heterocycles. The molecule has 0 radical (unpaired) electrons. The molecule has 0 fully saturated rings. The van der Waals surface area contributed by atoms with Crippen LogP contribution in [0.2, 0.25) is 0 Å². The summed E-state index contributed by atoms with van der Waals surface area (Å²) >= 11 is 1.49. The van der Waals surface area contributed by atoms with Gasteiger partial charge in [-0.25, -0.2) is 14.6 Å². The van der Waals surface area contributed by atoms with E-state index in [4.69, 9.17) is 15.1 Å². The molecule has 1 amide bonds. The number of para-hydroxylation sites is 1. The fourth-order valence-electron chi connectivity index (χ4n) is 4.40. The van der Waals surface area contributed by atoms with Gasteiger partial charge in [0.15, 0.2) is 11.5 Å². The number of aryl methyl sites for hydroxylation is 2. The van der Waals surface area contributed by atoms with Crippen LogP contribution in [0.5, 0.6) is 0 Å². The normalized spacial score (nSPS) is 12.0. The lowest BCUT2D eigenvalue weighted by molar-refractivity contribution is -0.115. The van der Waals surface area contributed by atoms with Crippen LogP contribution in [0, 0.1) is 0 Å². The molecule has 38 heavy (non-hydrogen) atoms. The minimum Gasteiger partial charge on any atom is -0.325 e. The molecule has 192 valence electrons. The highest BCUT2D eigenvalue weighted by atomic mass is 32.2. The molecular weight excluding hydrogens is 490 g/mol. The number of benzene rings is 3. The van der Waals surface area contributed by atoms with Crippen molar-refractivity contribution < 1.29 is 4.79 Å². The Labute approximate surface area is 227 Å². The van der Waals surface area contributed by atoms with Crippen molar-refractivity contribution in [3.05, 3.63) is 96.2 Å². The number of hydrogen-bond donors (Lipinski definition) is 1. The van der Waals surface area contributed by atoms with Gasteiger partial charge in [-0.2, -0.15) is 5.10 Å². The van der Waals surface area contributed by atoms with Crippen LogP contribution in [-0.4, -0.2) is 30.9 Å². The second kappa shape index (κ2) is 11.6. The van der Waals surface area contributed by atoms with E-state index in [2.05, 4.69) is 25.2 Å². The zero-order valence-corrected chi connectivity index (χ0v) is 22.7. The van der Waals surface area contributed by atoms with Crippen molar-refractivity contribution in [1.82, 2.24) is 19.7 Å². The van der Waals surface area contributed by atoms with E-state index in [1.807, 2.05) is 90.5 Å². The molecule has 7 heteroatoms. The van der Waals surface area contributed by atoms with Gasteiger partial charge in [-0.05, 0) is 49.1 Å². The molecule has 2 aromatic heterocycles. The summed E-state index contributed by atoms with van der Waals surface area (Å²) in [5, 5.41) is 9.41. The third-order valence-electron chi connectivity index (χ3n) is 6.45. The first kappa shape index (κ1) is 25.7. The van der Waals surface area contributed by atoms with Gasteiger partial charge in [0.2, 0.25) is 5.91 Å². The summed E-state index contributed by atoms with van der Waals surface area (Å²) in [7, 11) is 0. The minimum absolute atomic E-state index is 0.0349. The smallest absolute Gasteiger partial charge is 0.237 e. The lowest BCUT2D eigenvalue weighted by Crippen LogP contribution is -2.24. The number of anilines is 1. The highest BCUT2D eigenvalue weighted by Gasteiger charge is 2.25. The molecule has 0 bridgehead atoms. The Balaban J connectivity index is 1.60. The van der Waals surface area contributed by atoms with Gasteiger partial charge in [0, 0.05) is 11.3 Å². The molecule has 0 aliphatic rings. The van der Waals surface area contributed by atoms with Crippen LogP contribution in [0.25, 0.3) is 28.1 Å². The van der Waals surface area contributed by atoms with Gasteiger partial charge >= 0.3 is 0 Å². The van der Waals surface area contributed by atoms with Gasteiger partial charge in [-0.3, -0.25) is 4.79 Å². The third kappa shape index (κ3) is 5.34. The monoisotopic (exact) mass is 521 g/mol. The van der Waals surface area contributed by atoms with Gasteiger partial charge in [0.25, 0.3) is 0 Å². The molecule has 2 heterocycles. The summed E-state index contributed by atoms with van der Waals surface area (Å²) in [5.41, 5.74) is 5.52. The van der Waals surface area contributed by atoms with E-state index in [0.29, 0.717) is 12.2 Å². The Hall–Kier alpha value is -3.97. The van der Waals surface area contributed by atoms with Crippen LogP contribution >= 0.6 is 11.8 Å². The minimum atomic E-state index is -0.327. The average Bonchev–Trinajstić information content (AvgIpc) is 3.35. The van der Waals surface area contributed by atoms with Crippen molar-refractivity contribution >= 4 is 34.4 Å². The second-order valence-corrected chi connectivity index (χ2v) is 10.2. The Kier molecular flexibility index (Phi) is 7.84. The summed E-state index contributed by atoms with van der Waals surface area (Å²) in [6, 6.07) is 28.0. The molecular formula is C31H31N5OS. The van der Waals surface area contributed by atoms with E-state index in [1.54, 1.807) is 0 Å². The zero-order chi connectivity index (χ0) is 26.5. The van der Waals surface area contributed by atoms with Crippen LogP contribution in [0.15, 0.2) is 90.0 Å². The molecule has 1 N–H and O–H groups in total. The van der Waals surface area contributed by atoms with Gasteiger partial charge < -0.3 is 5.32 Å². The van der Waals surface area contributed by atoms with Crippen molar-refractivity contribution in [3.63, 3.8) is 0 Å². The Morgan fingerprint density at radius 3 is 2.32 bits per heavy atom. The number of amides is 1. The largest absolute Gasteiger partial charge is 0.325 e. The van der Waals surface area contributed by atoms with Crippen LogP contribution in [0.3, 0.4) is 0 Å². The maximum absolute atomic E-state index is 13.4. The van der Waals surface area contributed by atoms with Crippen molar-refractivity contribution in [1.29, 1.82) is 0 Å². The first-order valence-electron chi connectivity index (χ1n) is 13.1. The van der Waals surface area contributed by atoms with Gasteiger partial charge in [0.1, 0.15) is 5.03 Å². The predicted octanol–water partition coefficient (Wildman–Crippen LogP) is 7.12. The van der Waals surface area contributed by atoms with Crippen LogP contribution in [-0.2, 0) is 17.6 Å². The summed E-state index contributed by atoms with van der Waals surface area (Å²) in [5.74, 6) is 0.582. The van der Waals surface area contributed by atoms with Crippen LogP contribution < -0.4 is 5.32 Å². The first-order chi connectivity index (χ1) is 18.6. The number of aromatic nitrogens is 4. The summed E-state index contributed by atoms with van der Waals surface area (Å²) in [6.45, 7) is 6.23. The number of nitrogens with zero attached hydrogens (tertiary/aromatic N) is 4. The van der Waals surface area contributed by atoms with Crippen molar-refractivity contribution in [2.45, 2.75) is 50.3 Å². The van der Waals surface area contributed by atoms with Crippen molar-refractivity contribution in [2.24, 2.45) is 0 Å². The van der Waals surface area contributed by atoms with Crippen LogP contribution in [0.4, 0.5) is 5.69 Å². The molecule has 1 unspecified atom stereocenters. The zero-order valence-electron chi connectivity index (χ0n) is 21.9. The quantitative estimate of drug-likeness (QED) is 0.165.